The van der Waals surface area contributed by atoms with Crippen molar-refractivity contribution < 1.29 is 23.4 Å². The number of benzene rings is 2. The first-order valence-corrected chi connectivity index (χ1v) is 13.0. The molecule has 2 heterocycles. The summed E-state index contributed by atoms with van der Waals surface area (Å²) < 4.78 is 31.6. The smallest absolute Gasteiger partial charge is 0.338 e. The summed E-state index contributed by atoms with van der Waals surface area (Å²) in [6.07, 6.45) is 1.95. The number of carbonyl (C=O) groups excluding carboxylic acids is 1. The number of halogens is 1. The summed E-state index contributed by atoms with van der Waals surface area (Å²) in [6, 6.07) is 9.36. The van der Waals surface area contributed by atoms with Gasteiger partial charge in [-0.2, -0.15) is 4.39 Å². The van der Waals surface area contributed by atoms with Crippen molar-refractivity contribution in [2.75, 3.05) is 38.2 Å². The molecule has 0 unspecified atom stereocenters. The van der Waals surface area contributed by atoms with E-state index in [9.17, 15) is 9.18 Å². The van der Waals surface area contributed by atoms with E-state index in [2.05, 4.69) is 15.2 Å². The van der Waals surface area contributed by atoms with Crippen LogP contribution in [-0.2, 0) is 11.3 Å². The van der Waals surface area contributed by atoms with Crippen molar-refractivity contribution >= 4 is 32.7 Å². The van der Waals surface area contributed by atoms with Crippen LogP contribution < -0.4 is 14.8 Å². The molecule has 1 N–H and O–H groups in total. The van der Waals surface area contributed by atoms with Crippen molar-refractivity contribution in [1.29, 1.82) is 0 Å². The van der Waals surface area contributed by atoms with Gasteiger partial charge in [0, 0.05) is 25.7 Å². The van der Waals surface area contributed by atoms with E-state index in [4.69, 9.17) is 14.2 Å². The number of nitrogens with one attached hydrogen (secondary N) is 1. The number of aromatic nitrogens is 1. The quantitative estimate of drug-likeness (QED) is 0.369. The number of ether oxygens (including phenoxy) is 3. The number of hydrogen-bond donors (Lipinski definition) is 1. The van der Waals surface area contributed by atoms with Crippen LogP contribution in [0.25, 0.3) is 10.2 Å². The number of anilines is 1. The maximum absolute atomic E-state index is 14.5. The molecule has 0 bridgehead atoms. The Morgan fingerprint density at radius 3 is 2.40 bits per heavy atom. The Morgan fingerprint density at radius 1 is 1.09 bits per heavy atom. The number of nitrogens with zero attached hydrogens (tertiary/aromatic N) is 2. The number of esters is 1. The average molecular weight is 502 g/mol. The Morgan fingerprint density at radius 2 is 1.77 bits per heavy atom. The molecule has 35 heavy (non-hydrogen) atoms. The summed E-state index contributed by atoms with van der Waals surface area (Å²) in [5, 5.41) is 4.42. The van der Waals surface area contributed by atoms with E-state index in [-0.39, 0.29) is 17.5 Å². The fraction of sp³-hybridized carbons (Fsp3) is 0.462. The first-order chi connectivity index (χ1) is 17.0. The summed E-state index contributed by atoms with van der Waals surface area (Å²) >= 11 is 1.59. The van der Waals surface area contributed by atoms with E-state index < -0.39 is 5.82 Å². The molecule has 1 aliphatic rings. The van der Waals surface area contributed by atoms with Gasteiger partial charge in [-0.25, -0.2) is 9.78 Å². The summed E-state index contributed by atoms with van der Waals surface area (Å²) in [5.74, 6) is -0.281. The Hall–Kier alpha value is -2.91. The zero-order valence-electron chi connectivity index (χ0n) is 20.4. The van der Waals surface area contributed by atoms with Crippen molar-refractivity contribution in [3.8, 4) is 11.5 Å². The number of thiazole rings is 1. The highest BCUT2D eigenvalue weighted by Gasteiger charge is 2.22. The molecular weight excluding hydrogens is 469 g/mol. The highest BCUT2D eigenvalue weighted by atomic mass is 32.1. The first-order valence-electron chi connectivity index (χ1n) is 12.1. The van der Waals surface area contributed by atoms with Gasteiger partial charge in [-0.05, 0) is 69.5 Å². The fourth-order valence-corrected chi connectivity index (χ4v) is 5.16. The summed E-state index contributed by atoms with van der Waals surface area (Å²) in [7, 11) is 0. The van der Waals surface area contributed by atoms with Crippen molar-refractivity contribution in [3.05, 3.63) is 47.3 Å². The van der Waals surface area contributed by atoms with Crippen LogP contribution in [0.5, 0.6) is 11.5 Å². The normalized spacial score (nSPS) is 14.7. The van der Waals surface area contributed by atoms with E-state index in [1.165, 1.54) is 0 Å². The molecule has 1 saturated heterocycles. The van der Waals surface area contributed by atoms with Crippen LogP contribution in [0, 0.1) is 5.82 Å². The van der Waals surface area contributed by atoms with Crippen LogP contribution in [0.4, 0.5) is 9.52 Å². The van der Waals surface area contributed by atoms with Crippen LogP contribution in [0.2, 0.25) is 0 Å². The Kier molecular flexibility index (Phi) is 8.41. The molecule has 0 atom stereocenters. The molecule has 0 saturated carbocycles. The first kappa shape index (κ1) is 25.2. The summed E-state index contributed by atoms with van der Waals surface area (Å²) in [6.45, 7) is 9.18. The molecule has 2 aromatic carbocycles. The topological polar surface area (TPSA) is 72.9 Å². The van der Waals surface area contributed by atoms with Gasteiger partial charge in [-0.3, -0.25) is 4.90 Å². The third kappa shape index (κ3) is 6.21. The number of fused-ring (bicyclic) bond motifs is 1. The SMILES string of the molecule is CCOC(=O)c1ccc2sc(NC3CCN(Cc4cc(OCC)c(F)c(OCC)c4)CC3)nc2c1. The van der Waals surface area contributed by atoms with Crippen LogP contribution in [0.3, 0.4) is 0 Å². The molecular formula is C26H32FN3O4S. The van der Waals surface area contributed by atoms with Crippen molar-refractivity contribution in [2.45, 2.75) is 46.2 Å². The van der Waals surface area contributed by atoms with E-state index in [1.54, 1.807) is 42.5 Å². The second kappa shape index (κ2) is 11.7. The largest absolute Gasteiger partial charge is 0.491 e. The summed E-state index contributed by atoms with van der Waals surface area (Å²) in [5.41, 5.74) is 2.30. The molecule has 1 fully saturated rings. The van der Waals surface area contributed by atoms with E-state index in [1.807, 2.05) is 19.9 Å². The van der Waals surface area contributed by atoms with E-state index in [0.29, 0.717) is 38.0 Å². The lowest BCUT2D eigenvalue weighted by Gasteiger charge is -2.32. The molecule has 188 valence electrons. The zero-order valence-corrected chi connectivity index (χ0v) is 21.3. The molecule has 1 aromatic heterocycles. The third-order valence-corrected chi connectivity index (χ3v) is 6.85. The minimum atomic E-state index is -0.439. The van der Waals surface area contributed by atoms with Crippen LogP contribution in [0.15, 0.2) is 30.3 Å². The molecule has 1 aliphatic heterocycles. The van der Waals surface area contributed by atoms with E-state index >= 15 is 0 Å². The number of piperidine rings is 1. The predicted molar refractivity (Wildman–Crippen MR) is 136 cm³/mol. The minimum Gasteiger partial charge on any atom is -0.491 e. The molecule has 9 heteroatoms. The molecule has 4 rings (SSSR count). The molecule has 3 aromatic rings. The van der Waals surface area contributed by atoms with Crippen molar-refractivity contribution in [1.82, 2.24) is 9.88 Å². The number of carbonyl (C=O) groups is 1. The highest BCUT2D eigenvalue weighted by molar-refractivity contribution is 7.22. The standard InChI is InChI=1S/C26H32FN3O4S/c1-4-32-21-13-17(14-22(24(21)27)33-5-2)16-30-11-9-19(10-12-30)28-26-29-20-15-18(25(31)34-6-3)7-8-23(20)35-26/h7-8,13-15,19H,4-6,9-12,16H2,1-3H3,(H,28,29). The Balaban J connectivity index is 1.35. The predicted octanol–water partition coefficient (Wildman–Crippen LogP) is 5.49. The molecule has 0 spiro atoms. The number of rotatable bonds is 10. The lowest BCUT2D eigenvalue weighted by atomic mass is 10.0. The van der Waals surface area contributed by atoms with Gasteiger partial charge >= 0.3 is 5.97 Å². The van der Waals surface area contributed by atoms with Gasteiger partial charge in [0.25, 0.3) is 0 Å². The van der Waals surface area contributed by atoms with Gasteiger partial charge < -0.3 is 19.5 Å². The van der Waals surface area contributed by atoms with Gasteiger partial charge in [0.15, 0.2) is 16.6 Å². The number of hydrogen-bond acceptors (Lipinski definition) is 8. The minimum absolute atomic E-state index is 0.243. The van der Waals surface area contributed by atoms with Gasteiger partial charge in [0.2, 0.25) is 5.82 Å². The third-order valence-electron chi connectivity index (χ3n) is 5.89. The monoisotopic (exact) mass is 501 g/mol. The maximum atomic E-state index is 14.5. The lowest BCUT2D eigenvalue weighted by Crippen LogP contribution is -2.38. The van der Waals surface area contributed by atoms with E-state index in [0.717, 1.165) is 46.8 Å². The molecule has 7 nitrogen and oxygen atoms in total. The van der Waals surface area contributed by atoms with Gasteiger partial charge in [-0.1, -0.05) is 11.3 Å². The second-order valence-corrected chi connectivity index (χ2v) is 9.42. The highest BCUT2D eigenvalue weighted by Crippen LogP contribution is 2.31. The van der Waals surface area contributed by atoms with Gasteiger partial charge in [0.1, 0.15) is 0 Å². The maximum Gasteiger partial charge on any atom is 0.338 e. The van der Waals surface area contributed by atoms with Crippen molar-refractivity contribution in [2.24, 2.45) is 0 Å². The second-order valence-electron chi connectivity index (χ2n) is 8.39. The molecule has 0 radical (unpaired) electrons. The fourth-order valence-electron chi connectivity index (χ4n) is 4.24. The van der Waals surface area contributed by atoms with Crippen molar-refractivity contribution in [3.63, 3.8) is 0 Å². The molecule has 0 aliphatic carbocycles. The van der Waals surface area contributed by atoms with Crippen LogP contribution in [0.1, 0.15) is 49.5 Å². The average Bonchev–Trinajstić information content (AvgIpc) is 3.25. The van der Waals surface area contributed by atoms with Crippen LogP contribution in [-0.4, -0.2) is 54.8 Å². The summed E-state index contributed by atoms with van der Waals surface area (Å²) in [4.78, 5) is 19.0. The zero-order chi connectivity index (χ0) is 24.8. The molecule has 0 amide bonds. The Bertz CT molecular complexity index is 1130. The Labute approximate surface area is 209 Å². The van der Waals surface area contributed by atoms with Gasteiger partial charge in [-0.15, -0.1) is 0 Å². The lowest BCUT2D eigenvalue weighted by molar-refractivity contribution is 0.0526. The van der Waals surface area contributed by atoms with Crippen LogP contribution >= 0.6 is 11.3 Å². The number of likely N-dealkylation sites (tertiary alicyclic amines) is 1. The van der Waals surface area contributed by atoms with Gasteiger partial charge in [0.05, 0.1) is 35.6 Å².